The van der Waals surface area contributed by atoms with Crippen LogP contribution in [0.4, 0.5) is 4.39 Å². The number of aromatic amines is 1. The first-order chi connectivity index (χ1) is 16.2. The van der Waals surface area contributed by atoms with Crippen LogP contribution in [0.3, 0.4) is 0 Å². The Morgan fingerprint density at radius 3 is 2.59 bits per heavy atom. The molecule has 3 aromatic rings. The number of hydrogen-bond donors (Lipinski definition) is 2. The van der Waals surface area contributed by atoms with E-state index in [4.69, 9.17) is 19.9 Å². The van der Waals surface area contributed by atoms with Crippen LogP contribution in [0, 0.1) is 11.2 Å². The summed E-state index contributed by atoms with van der Waals surface area (Å²) in [5.74, 6) is -0.472. The molecular weight excluding hydrogens is 443 g/mol. The van der Waals surface area contributed by atoms with Crippen molar-refractivity contribution in [1.82, 2.24) is 24.8 Å². The number of carbonyl (C=O) groups is 1. The molecule has 0 spiro atoms. The van der Waals surface area contributed by atoms with Gasteiger partial charge in [-0.05, 0) is 51.4 Å². The number of carbonyl (C=O) groups excluding carboxylic acids is 1. The third-order valence-electron chi connectivity index (χ3n) is 5.42. The summed E-state index contributed by atoms with van der Waals surface area (Å²) in [6.07, 6.45) is 0.756. The molecule has 0 radical (unpaired) electrons. The molecule has 1 fully saturated rings. The Balaban J connectivity index is 1.66. The highest BCUT2D eigenvalue weighted by molar-refractivity contribution is 5.81. The topological polar surface area (TPSA) is 128 Å². The Labute approximate surface area is 196 Å². The number of nitrogens with two attached hydrogens (primary N) is 1. The molecule has 0 bridgehead atoms. The first-order valence-corrected chi connectivity index (χ1v) is 10.7. The summed E-state index contributed by atoms with van der Waals surface area (Å²) in [5.41, 5.74) is 6.84. The zero-order chi connectivity index (χ0) is 24.3. The maximum atomic E-state index is 13.5. The molecule has 34 heavy (non-hydrogen) atoms. The van der Waals surface area contributed by atoms with Crippen molar-refractivity contribution in [2.45, 2.75) is 13.2 Å². The summed E-state index contributed by atoms with van der Waals surface area (Å²) in [5, 5.41) is 0. The molecule has 0 aliphatic carbocycles. The number of rotatable bonds is 8. The van der Waals surface area contributed by atoms with E-state index in [0.29, 0.717) is 41.6 Å². The van der Waals surface area contributed by atoms with Crippen molar-refractivity contribution in [3.63, 3.8) is 0 Å². The number of hydrogen-bond acceptors (Lipinski definition) is 8. The van der Waals surface area contributed by atoms with Gasteiger partial charge in [0.25, 0.3) is 0 Å². The van der Waals surface area contributed by atoms with Crippen molar-refractivity contribution in [1.29, 1.82) is 0 Å². The molecular formula is C23H27FN6O4. The fourth-order valence-corrected chi connectivity index (χ4v) is 3.28. The highest BCUT2D eigenvalue weighted by atomic mass is 19.1. The molecule has 1 saturated heterocycles. The molecule has 1 aliphatic heterocycles. The van der Waals surface area contributed by atoms with E-state index in [2.05, 4.69) is 19.9 Å². The second-order valence-electron chi connectivity index (χ2n) is 8.61. The number of ether oxygens (including phenoxy) is 3. The van der Waals surface area contributed by atoms with Gasteiger partial charge >= 0.3 is 6.01 Å². The summed E-state index contributed by atoms with van der Waals surface area (Å²) in [6.45, 7) is 3.00. The van der Waals surface area contributed by atoms with Gasteiger partial charge in [0.15, 0.2) is 5.82 Å². The first kappa shape index (κ1) is 23.7. The standard InChI is InChI=1S/C23H27FN6O4/c1-23(21(25)31)12-33-20(34-13-23)19-28-17(14-4-6-15(24)7-5-14)18(29-19)16-8-9-26-22(27-16)32-11-10-30(2)3/h4-9,20H,10-13H2,1-3H3,(H2,25,31)(H,28,29). The Morgan fingerprint density at radius 1 is 1.24 bits per heavy atom. The molecule has 3 N–H and O–H groups in total. The van der Waals surface area contributed by atoms with Gasteiger partial charge in [-0.2, -0.15) is 4.98 Å². The van der Waals surface area contributed by atoms with Crippen LogP contribution in [0.5, 0.6) is 6.01 Å². The maximum Gasteiger partial charge on any atom is 0.316 e. The van der Waals surface area contributed by atoms with E-state index in [0.717, 1.165) is 0 Å². The number of nitrogens with one attached hydrogen (secondary N) is 1. The summed E-state index contributed by atoms with van der Waals surface area (Å²) in [6, 6.07) is 7.91. The Hall–Kier alpha value is -3.41. The number of primary amides is 1. The van der Waals surface area contributed by atoms with E-state index in [1.807, 2.05) is 19.0 Å². The third-order valence-corrected chi connectivity index (χ3v) is 5.42. The van der Waals surface area contributed by atoms with E-state index in [-0.39, 0.29) is 25.0 Å². The van der Waals surface area contributed by atoms with Gasteiger partial charge in [-0.1, -0.05) is 0 Å². The van der Waals surface area contributed by atoms with Crippen LogP contribution < -0.4 is 10.5 Å². The smallest absolute Gasteiger partial charge is 0.316 e. The van der Waals surface area contributed by atoms with Gasteiger partial charge in [0.1, 0.15) is 12.4 Å². The fraction of sp³-hybridized carbons (Fsp3) is 0.391. The van der Waals surface area contributed by atoms with Gasteiger partial charge in [-0.3, -0.25) is 4.79 Å². The molecule has 2 aromatic heterocycles. The van der Waals surface area contributed by atoms with Crippen molar-refractivity contribution in [3.05, 3.63) is 48.2 Å². The molecule has 1 amide bonds. The molecule has 3 heterocycles. The minimum atomic E-state index is -0.919. The predicted octanol–water partition coefficient (Wildman–Crippen LogP) is 2.15. The highest BCUT2D eigenvalue weighted by Crippen LogP contribution is 2.35. The highest BCUT2D eigenvalue weighted by Gasteiger charge is 2.39. The van der Waals surface area contributed by atoms with Gasteiger partial charge in [-0.15, -0.1) is 0 Å². The molecule has 11 heteroatoms. The van der Waals surface area contributed by atoms with Crippen LogP contribution >= 0.6 is 0 Å². The lowest BCUT2D eigenvalue weighted by Gasteiger charge is -2.34. The fourth-order valence-electron chi connectivity index (χ4n) is 3.28. The largest absolute Gasteiger partial charge is 0.462 e. The van der Waals surface area contributed by atoms with E-state index in [1.54, 1.807) is 31.3 Å². The number of nitrogens with zero attached hydrogens (tertiary/aromatic N) is 4. The van der Waals surface area contributed by atoms with E-state index in [1.165, 1.54) is 12.1 Å². The summed E-state index contributed by atoms with van der Waals surface area (Å²) >= 11 is 0. The van der Waals surface area contributed by atoms with Gasteiger partial charge in [-0.25, -0.2) is 14.4 Å². The van der Waals surface area contributed by atoms with Gasteiger partial charge in [0, 0.05) is 18.3 Å². The van der Waals surface area contributed by atoms with Crippen LogP contribution in [0.25, 0.3) is 22.6 Å². The summed E-state index contributed by atoms with van der Waals surface area (Å²) < 4.78 is 30.7. The number of halogens is 1. The molecule has 4 rings (SSSR count). The zero-order valence-electron chi connectivity index (χ0n) is 19.2. The average Bonchev–Trinajstić information content (AvgIpc) is 3.25. The predicted molar refractivity (Wildman–Crippen MR) is 121 cm³/mol. The quantitative estimate of drug-likeness (QED) is 0.513. The van der Waals surface area contributed by atoms with Crippen molar-refractivity contribution in [2.24, 2.45) is 11.1 Å². The van der Waals surface area contributed by atoms with E-state index in [9.17, 15) is 9.18 Å². The number of H-pyrrole nitrogens is 1. The average molecular weight is 471 g/mol. The Kier molecular flexibility index (Phi) is 6.87. The van der Waals surface area contributed by atoms with E-state index >= 15 is 0 Å². The zero-order valence-corrected chi connectivity index (χ0v) is 19.2. The minimum absolute atomic E-state index is 0.0896. The SMILES string of the molecule is CN(C)CCOc1nccc(-c2[nH]c(C3OCC(C)(C(N)=O)CO3)nc2-c2ccc(F)cc2)n1. The van der Waals surface area contributed by atoms with Crippen molar-refractivity contribution < 1.29 is 23.4 Å². The first-order valence-electron chi connectivity index (χ1n) is 10.7. The normalized spacial score (nSPS) is 20.4. The van der Waals surface area contributed by atoms with Crippen LogP contribution in [0.2, 0.25) is 0 Å². The van der Waals surface area contributed by atoms with Crippen LogP contribution in [0.1, 0.15) is 19.0 Å². The second-order valence-corrected chi connectivity index (χ2v) is 8.61. The van der Waals surface area contributed by atoms with Crippen LogP contribution in [0.15, 0.2) is 36.5 Å². The number of amides is 1. The molecule has 10 nitrogen and oxygen atoms in total. The molecule has 1 aliphatic rings. The summed E-state index contributed by atoms with van der Waals surface area (Å²) in [4.78, 5) is 30.3. The monoisotopic (exact) mass is 470 g/mol. The number of imidazole rings is 1. The third kappa shape index (κ3) is 5.22. The van der Waals surface area contributed by atoms with Gasteiger partial charge in [0.2, 0.25) is 12.2 Å². The number of aromatic nitrogens is 4. The Bertz CT molecular complexity index is 1140. The number of likely N-dealkylation sites (N-methyl/N-ethyl adjacent to an activating group) is 1. The lowest BCUT2D eigenvalue weighted by molar-refractivity contribution is -0.230. The van der Waals surface area contributed by atoms with Crippen molar-refractivity contribution in [3.8, 4) is 28.7 Å². The number of benzene rings is 1. The van der Waals surface area contributed by atoms with Crippen LogP contribution in [-0.4, -0.2) is 71.2 Å². The molecule has 180 valence electrons. The maximum absolute atomic E-state index is 13.5. The minimum Gasteiger partial charge on any atom is -0.462 e. The van der Waals surface area contributed by atoms with Crippen molar-refractivity contribution >= 4 is 5.91 Å². The van der Waals surface area contributed by atoms with Gasteiger partial charge < -0.3 is 29.8 Å². The molecule has 0 saturated carbocycles. The lowest BCUT2D eigenvalue weighted by atomic mass is 9.91. The lowest BCUT2D eigenvalue weighted by Crippen LogP contribution is -2.46. The van der Waals surface area contributed by atoms with Crippen molar-refractivity contribution in [2.75, 3.05) is 40.5 Å². The molecule has 1 aromatic carbocycles. The molecule has 0 atom stereocenters. The Morgan fingerprint density at radius 2 is 1.94 bits per heavy atom. The second kappa shape index (κ2) is 9.84. The van der Waals surface area contributed by atoms with Gasteiger partial charge in [0.05, 0.1) is 35.7 Å². The summed E-state index contributed by atoms with van der Waals surface area (Å²) in [7, 11) is 3.90. The van der Waals surface area contributed by atoms with E-state index < -0.39 is 17.6 Å². The van der Waals surface area contributed by atoms with Crippen LogP contribution in [-0.2, 0) is 14.3 Å². The molecule has 0 unspecified atom stereocenters.